The Balaban J connectivity index is 0.000000200. The van der Waals surface area contributed by atoms with Gasteiger partial charge >= 0.3 is 0 Å². The summed E-state index contributed by atoms with van der Waals surface area (Å²) in [4.78, 5) is 74.5. The van der Waals surface area contributed by atoms with E-state index in [1.165, 1.54) is 22.1 Å². The lowest BCUT2D eigenvalue weighted by Crippen LogP contribution is -2.52. The quantitative estimate of drug-likeness (QED) is 0.0954. The second-order valence-electron chi connectivity index (χ2n) is 20.2. The van der Waals surface area contributed by atoms with Crippen LogP contribution in [0.5, 0.6) is 0 Å². The molecule has 9 rings (SSSR count). The van der Waals surface area contributed by atoms with Gasteiger partial charge in [-0.3, -0.25) is 28.9 Å². The third kappa shape index (κ3) is 12.8. The maximum atomic E-state index is 14.7. The fraction of sp³-hybridized carbons (Fsp3) is 0.277. The number of carbonyl (C=O) groups is 5. The van der Waals surface area contributed by atoms with Crippen molar-refractivity contribution in [2.45, 2.75) is 32.6 Å². The number of amides is 1. The maximum Gasteiger partial charge on any atom is 0.236 e. The standard InChI is InChI=1S/C35H36N2O2.C30H31FN2O3/c1-25-13-12-20-30(26(25)2)33-31(34(38)27-14-6-3-7-15-27)23-37(22-21-36-29-18-10-5-11-19-29)24-32(33)35(39)28-16-8-4-9-17-28;1-20-23(15-10-16-26(20)31)28-24(29(35)21-11-6-4-7-12-21)17-33(19-27(34)32(2)3)18-25(28)30(36)22-13-8-5-9-14-22/h3-20,31-33,36H,21-24H2,1-2H3;4-16,24-25,28H,17-19H2,1-3H3/t31-,32-;24-,25-/m00/s1. The molecule has 7 aromatic carbocycles. The highest BCUT2D eigenvalue weighted by molar-refractivity contribution is 6.03. The number of hydrogen-bond donors (Lipinski definition) is 1. The molecule has 4 atom stereocenters. The van der Waals surface area contributed by atoms with Gasteiger partial charge in [-0.25, -0.2) is 4.39 Å². The molecule has 1 amide bonds. The fourth-order valence-corrected chi connectivity index (χ4v) is 11.1. The predicted octanol–water partition coefficient (Wildman–Crippen LogP) is 11.4. The van der Waals surface area contributed by atoms with Crippen molar-refractivity contribution >= 4 is 34.7 Å². The third-order valence-electron chi connectivity index (χ3n) is 15.2. The van der Waals surface area contributed by atoms with Crippen molar-refractivity contribution in [2.75, 3.05) is 65.2 Å². The van der Waals surface area contributed by atoms with Crippen LogP contribution in [0, 0.1) is 50.3 Å². The van der Waals surface area contributed by atoms with E-state index in [2.05, 4.69) is 54.4 Å². The van der Waals surface area contributed by atoms with Gasteiger partial charge in [-0.1, -0.05) is 170 Å². The number of para-hydroxylation sites is 1. The van der Waals surface area contributed by atoms with Crippen LogP contribution in [0.25, 0.3) is 0 Å². The molecule has 2 aliphatic heterocycles. The van der Waals surface area contributed by atoms with Crippen molar-refractivity contribution in [1.82, 2.24) is 14.7 Å². The van der Waals surface area contributed by atoms with Crippen LogP contribution in [0.15, 0.2) is 188 Å². The number of ketones is 4. The van der Waals surface area contributed by atoms with Crippen molar-refractivity contribution in [3.05, 3.63) is 244 Å². The van der Waals surface area contributed by atoms with Gasteiger partial charge in [0, 0.05) is 117 Å². The number of carbonyl (C=O) groups excluding carboxylic acids is 5. The zero-order chi connectivity index (χ0) is 53.0. The number of rotatable bonds is 16. The van der Waals surface area contributed by atoms with Crippen LogP contribution >= 0.6 is 0 Å². The lowest BCUT2D eigenvalue weighted by Gasteiger charge is -2.43. The highest BCUT2D eigenvalue weighted by atomic mass is 19.1. The Bertz CT molecular complexity index is 2940. The number of nitrogens with zero attached hydrogens (tertiary/aromatic N) is 3. The Labute approximate surface area is 441 Å². The van der Waals surface area contributed by atoms with Gasteiger partial charge in [0.1, 0.15) is 5.82 Å². The molecular weight excluding hydrogens is 936 g/mol. The molecule has 0 aliphatic carbocycles. The summed E-state index contributed by atoms with van der Waals surface area (Å²) in [5, 5.41) is 3.49. The summed E-state index contributed by atoms with van der Waals surface area (Å²) in [6.07, 6.45) is 0. The number of anilines is 1. The number of aryl methyl sites for hydroxylation is 1. The molecule has 384 valence electrons. The minimum Gasteiger partial charge on any atom is -0.384 e. The summed E-state index contributed by atoms with van der Waals surface area (Å²) in [5.41, 5.74) is 8.10. The summed E-state index contributed by atoms with van der Waals surface area (Å²) in [5.74, 6) is -3.16. The number of likely N-dealkylation sites (N-methyl/N-ethyl adjacent to an activating group) is 1. The Morgan fingerprint density at radius 1 is 0.467 bits per heavy atom. The first kappa shape index (κ1) is 53.6. The van der Waals surface area contributed by atoms with Gasteiger partial charge in [0.25, 0.3) is 0 Å². The predicted molar refractivity (Wildman–Crippen MR) is 296 cm³/mol. The molecular formula is C65H67FN4O5. The number of benzene rings is 7. The van der Waals surface area contributed by atoms with Crippen molar-refractivity contribution in [2.24, 2.45) is 23.7 Å². The van der Waals surface area contributed by atoms with Crippen LogP contribution in [0.1, 0.15) is 81.1 Å². The third-order valence-corrected chi connectivity index (χ3v) is 15.2. The molecule has 10 heteroatoms. The molecule has 2 aliphatic rings. The van der Waals surface area contributed by atoms with Crippen molar-refractivity contribution in [1.29, 1.82) is 0 Å². The van der Waals surface area contributed by atoms with E-state index in [1.54, 1.807) is 75.6 Å². The monoisotopic (exact) mass is 1000 g/mol. The van der Waals surface area contributed by atoms with Crippen LogP contribution in [0.2, 0.25) is 0 Å². The number of nitrogens with one attached hydrogen (secondary N) is 1. The lowest BCUT2D eigenvalue weighted by atomic mass is 9.67. The molecule has 7 aromatic rings. The summed E-state index contributed by atoms with van der Waals surface area (Å²) >= 11 is 0. The lowest BCUT2D eigenvalue weighted by molar-refractivity contribution is -0.130. The van der Waals surface area contributed by atoms with E-state index in [1.807, 2.05) is 102 Å². The van der Waals surface area contributed by atoms with Crippen molar-refractivity contribution in [3.8, 4) is 0 Å². The van der Waals surface area contributed by atoms with Gasteiger partial charge in [0.05, 0.1) is 6.54 Å². The van der Waals surface area contributed by atoms with Gasteiger partial charge < -0.3 is 15.1 Å². The van der Waals surface area contributed by atoms with Crippen LogP contribution in [-0.2, 0) is 4.79 Å². The van der Waals surface area contributed by atoms with Crippen LogP contribution in [-0.4, -0.2) is 104 Å². The molecule has 1 N–H and O–H groups in total. The van der Waals surface area contributed by atoms with Gasteiger partial charge in [0.2, 0.25) is 5.91 Å². The molecule has 2 fully saturated rings. The first-order valence-electron chi connectivity index (χ1n) is 25.9. The van der Waals surface area contributed by atoms with E-state index in [9.17, 15) is 28.4 Å². The van der Waals surface area contributed by atoms with Crippen molar-refractivity contribution in [3.63, 3.8) is 0 Å². The van der Waals surface area contributed by atoms with Crippen LogP contribution < -0.4 is 5.32 Å². The van der Waals surface area contributed by atoms with E-state index in [0.29, 0.717) is 59.6 Å². The Kier molecular flexibility index (Phi) is 17.9. The van der Waals surface area contributed by atoms with E-state index in [4.69, 9.17) is 0 Å². The highest BCUT2D eigenvalue weighted by Crippen LogP contribution is 2.44. The zero-order valence-corrected chi connectivity index (χ0v) is 43.6. The summed E-state index contributed by atoms with van der Waals surface area (Å²) in [6, 6.07) is 58.3. The van der Waals surface area contributed by atoms with E-state index < -0.39 is 17.8 Å². The summed E-state index contributed by atoms with van der Waals surface area (Å²) in [7, 11) is 3.37. The van der Waals surface area contributed by atoms with Gasteiger partial charge in [0.15, 0.2) is 23.1 Å². The molecule has 0 spiro atoms. The molecule has 0 aromatic heterocycles. The maximum absolute atomic E-state index is 14.7. The van der Waals surface area contributed by atoms with Crippen LogP contribution in [0.4, 0.5) is 10.1 Å². The molecule has 0 bridgehead atoms. The topological polar surface area (TPSA) is 107 Å². The molecule has 0 radical (unpaired) electrons. The number of piperidine rings is 2. The average Bonchev–Trinajstić information content (AvgIpc) is 3.46. The first-order valence-corrected chi connectivity index (χ1v) is 25.9. The van der Waals surface area contributed by atoms with E-state index >= 15 is 0 Å². The Morgan fingerprint density at radius 2 is 0.827 bits per heavy atom. The molecule has 0 unspecified atom stereocenters. The Morgan fingerprint density at radius 3 is 1.23 bits per heavy atom. The molecule has 0 saturated carbocycles. The van der Waals surface area contributed by atoms with Crippen molar-refractivity contribution < 1.29 is 28.4 Å². The summed E-state index contributed by atoms with van der Waals surface area (Å²) in [6.45, 7) is 9.31. The fourth-order valence-electron chi connectivity index (χ4n) is 11.1. The molecule has 2 heterocycles. The van der Waals surface area contributed by atoms with E-state index in [0.717, 1.165) is 24.3 Å². The van der Waals surface area contributed by atoms with Crippen LogP contribution in [0.3, 0.4) is 0 Å². The molecule has 9 nitrogen and oxygen atoms in total. The largest absolute Gasteiger partial charge is 0.384 e. The number of Topliss-reactive ketones (excluding diaryl/α,β-unsaturated/α-hetero) is 4. The highest BCUT2D eigenvalue weighted by Gasteiger charge is 2.47. The normalized spacial score (nSPS) is 18.3. The number of hydrogen-bond acceptors (Lipinski definition) is 8. The molecule has 75 heavy (non-hydrogen) atoms. The summed E-state index contributed by atoms with van der Waals surface area (Å²) < 4.78 is 14.7. The Hall–Kier alpha value is -7.66. The van der Waals surface area contributed by atoms with Gasteiger partial charge in [-0.15, -0.1) is 0 Å². The first-order chi connectivity index (χ1) is 36.3. The van der Waals surface area contributed by atoms with Gasteiger partial charge in [-0.2, -0.15) is 0 Å². The SMILES string of the molecule is Cc1c(F)cccc1C1[C@@H](C(=O)c2ccccc2)CN(CC(=O)N(C)C)C[C@@H]1C(=O)c1ccccc1.Cc1cccc(C2[C@@H](C(=O)c3ccccc3)CN(CCNc3ccccc3)C[C@@H]2C(=O)c2ccccc2)c1C. The zero-order valence-electron chi connectivity index (χ0n) is 43.6. The minimum atomic E-state index is -0.630. The number of halogens is 1. The second-order valence-corrected chi connectivity index (χ2v) is 20.2. The molecule has 2 saturated heterocycles. The van der Waals surface area contributed by atoms with E-state index in [-0.39, 0.29) is 59.2 Å². The minimum absolute atomic E-state index is 0.0962. The van der Waals surface area contributed by atoms with Gasteiger partial charge in [-0.05, 0) is 66.8 Å². The smallest absolute Gasteiger partial charge is 0.236 e. The average molecular weight is 1000 g/mol. The number of likely N-dealkylation sites (tertiary alicyclic amines) is 2. The second kappa shape index (κ2) is 25.0.